The molecule has 0 radical (unpaired) electrons. The van der Waals surface area contributed by atoms with Crippen LogP contribution in [0.4, 0.5) is 18.9 Å². The first kappa shape index (κ1) is 17.8. The summed E-state index contributed by atoms with van der Waals surface area (Å²) in [6.45, 7) is 0. The molecule has 3 aromatic carbocycles. The summed E-state index contributed by atoms with van der Waals surface area (Å²) in [7, 11) is 0. The first-order valence-electron chi connectivity index (χ1n) is 8.28. The zero-order valence-electron chi connectivity index (χ0n) is 14.2. The van der Waals surface area contributed by atoms with E-state index in [9.17, 15) is 22.8 Å². The van der Waals surface area contributed by atoms with Crippen molar-refractivity contribution in [2.75, 3.05) is 5.32 Å². The van der Waals surface area contributed by atoms with Gasteiger partial charge in [-0.3, -0.25) is 9.59 Å². The number of ether oxygens (including phenoxy) is 1. The molecule has 0 saturated carbocycles. The topological polar surface area (TPSA) is 55.4 Å². The zero-order chi connectivity index (χ0) is 19.9. The third-order valence-corrected chi connectivity index (χ3v) is 4.35. The fourth-order valence-corrected chi connectivity index (χ4v) is 3.15. The Morgan fingerprint density at radius 3 is 2.21 bits per heavy atom. The highest BCUT2D eigenvalue weighted by molar-refractivity contribution is 6.22. The molecule has 4 rings (SSSR count). The Kier molecular flexibility index (Phi) is 4.15. The Morgan fingerprint density at radius 2 is 1.46 bits per heavy atom. The summed E-state index contributed by atoms with van der Waals surface area (Å²) in [6, 6.07) is 17.0. The van der Waals surface area contributed by atoms with Gasteiger partial charge in [0.25, 0.3) is 5.91 Å². The molecule has 4 nitrogen and oxygen atoms in total. The molecule has 1 aliphatic rings. The van der Waals surface area contributed by atoms with Gasteiger partial charge in [-0.25, -0.2) is 0 Å². The van der Waals surface area contributed by atoms with Crippen molar-refractivity contribution in [3.63, 3.8) is 0 Å². The molecule has 0 aliphatic heterocycles. The largest absolute Gasteiger partial charge is 0.573 e. The molecule has 7 heteroatoms. The van der Waals surface area contributed by atoms with Gasteiger partial charge in [-0.05, 0) is 35.4 Å². The molecule has 140 valence electrons. The van der Waals surface area contributed by atoms with E-state index in [1.807, 2.05) is 12.1 Å². The van der Waals surface area contributed by atoms with Crippen LogP contribution in [0.15, 0.2) is 66.7 Å². The molecular formula is C21H12F3NO3. The number of benzene rings is 3. The maximum atomic E-state index is 12.6. The fraction of sp³-hybridized carbons (Fsp3) is 0.0476. The van der Waals surface area contributed by atoms with Crippen LogP contribution in [0.2, 0.25) is 0 Å². The van der Waals surface area contributed by atoms with Crippen LogP contribution in [0.5, 0.6) is 5.75 Å². The smallest absolute Gasteiger partial charge is 0.404 e. The molecule has 0 aromatic heterocycles. The molecule has 0 heterocycles. The van der Waals surface area contributed by atoms with Gasteiger partial charge in [0, 0.05) is 16.7 Å². The molecule has 0 unspecified atom stereocenters. The van der Waals surface area contributed by atoms with Crippen molar-refractivity contribution in [3.8, 4) is 16.9 Å². The molecule has 1 N–H and O–H groups in total. The number of hydrogen-bond acceptors (Lipinski definition) is 3. The number of halogens is 3. The Balaban J connectivity index is 1.63. The summed E-state index contributed by atoms with van der Waals surface area (Å²) in [6.07, 6.45) is -4.88. The van der Waals surface area contributed by atoms with E-state index in [0.717, 1.165) is 17.2 Å². The molecule has 0 bridgehead atoms. The van der Waals surface area contributed by atoms with Crippen molar-refractivity contribution >= 4 is 17.4 Å². The summed E-state index contributed by atoms with van der Waals surface area (Å²) in [4.78, 5) is 25.1. The minimum atomic E-state index is -4.88. The van der Waals surface area contributed by atoms with Gasteiger partial charge >= 0.3 is 6.36 Å². The number of carbonyl (C=O) groups is 2. The summed E-state index contributed by atoms with van der Waals surface area (Å²) >= 11 is 0. The van der Waals surface area contributed by atoms with E-state index in [1.54, 1.807) is 18.2 Å². The Bertz CT molecular complexity index is 1110. The quantitative estimate of drug-likeness (QED) is 0.539. The van der Waals surface area contributed by atoms with Gasteiger partial charge in [0.2, 0.25) is 0 Å². The highest BCUT2D eigenvalue weighted by Crippen LogP contribution is 2.37. The van der Waals surface area contributed by atoms with Crippen molar-refractivity contribution in [3.05, 3.63) is 83.4 Å². The van der Waals surface area contributed by atoms with Crippen LogP contribution >= 0.6 is 0 Å². The van der Waals surface area contributed by atoms with Crippen LogP contribution in [0, 0.1) is 0 Å². The first-order valence-corrected chi connectivity index (χ1v) is 8.28. The van der Waals surface area contributed by atoms with Crippen molar-refractivity contribution in [2.45, 2.75) is 6.36 Å². The third kappa shape index (κ3) is 3.22. The Morgan fingerprint density at radius 1 is 0.821 bits per heavy atom. The average molecular weight is 383 g/mol. The molecule has 0 fully saturated rings. The number of hydrogen-bond donors (Lipinski definition) is 1. The minimum Gasteiger partial charge on any atom is -0.404 e. The Hall–Kier alpha value is -3.61. The van der Waals surface area contributed by atoms with Crippen molar-refractivity contribution < 1.29 is 27.5 Å². The van der Waals surface area contributed by atoms with E-state index in [1.165, 1.54) is 30.3 Å². The van der Waals surface area contributed by atoms with Gasteiger partial charge in [-0.2, -0.15) is 0 Å². The summed E-state index contributed by atoms with van der Waals surface area (Å²) in [5.41, 5.74) is 2.48. The molecular weight excluding hydrogens is 371 g/mol. The predicted molar refractivity (Wildman–Crippen MR) is 96.4 cm³/mol. The SMILES string of the molecule is O=C(Nc1ccccc1OC(F)(F)F)c1ccc2c(c1)C(=O)c1ccccc1-2. The molecule has 1 aliphatic carbocycles. The van der Waals surface area contributed by atoms with Gasteiger partial charge in [0.15, 0.2) is 11.5 Å². The maximum absolute atomic E-state index is 12.6. The molecule has 0 saturated heterocycles. The van der Waals surface area contributed by atoms with E-state index in [2.05, 4.69) is 10.1 Å². The highest BCUT2D eigenvalue weighted by Gasteiger charge is 2.32. The van der Waals surface area contributed by atoms with Gasteiger partial charge in [-0.15, -0.1) is 13.2 Å². The lowest BCUT2D eigenvalue weighted by Crippen LogP contribution is -2.19. The lowest BCUT2D eigenvalue weighted by atomic mass is 10.0. The van der Waals surface area contributed by atoms with E-state index >= 15 is 0 Å². The minimum absolute atomic E-state index is 0.125. The van der Waals surface area contributed by atoms with Gasteiger partial charge in [0.05, 0.1) is 5.69 Å². The number of rotatable bonds is 3. The number of carbonyl (C=O) groups excluding carboxylic acids is 2. The monoisotopic (exact) mass is 383 g/mol. The highest BCUT2D eigenvalue weighted by atomic mass is 19.4. The van der Waals surface area contributed by atoms with Crippen molar-refractivity contribution in [2.24, 2.45) is 0 Å². The third-order valence-electron chi connectivity index (χ3n) is 4.35. The number of alkyl halides is 3. The fourth-order valence-electron chi connectivity index (χ4n) is 3.15. The van der Waals surface area contributed by atoms with E-state index in [0.29, 0.717) is 11.1 Å². The zero-order valence-corrected chi connectivity index (χ0v) is 14.2. The molecule has 28 heavy (non-hydrogen) atoms. The van der Waals surface area contributed by atoms with E-state index < -0.39 is 18.0 Å². The van der Waals surface area contributed by atoms with Gasteiger partial charge < -0.3 is 10.1 Å². The van der Waals surface area contributed by atoms with Crippen LogP contribution in [0.1, 0.15) is 26.3 Å². The van der Waals surface area contributed by atoms with Crippen LogP contribution in [0.3, 0.4) is 0 Å². The molecule has 3 aromatic rings. The van der Waals surface area contributed by atoms with Crippen LogP contribution in [-0.4, -0.2) is 18.1 Å². The number of fused-ring (bicyclic) bond motifs is 3. The Labute approximate surface area is 157 Å². The summed E-state index contributed by atoms with van der Waals surface area (Å²) in [5.74, 6) is -1.36. The number of para-hydroxylation sites is 2. The summed E-state index contributed by atoms with van der Waals surface area (Å²) in [5, 5.41) is 2.40. The second kappa shape index (κ2) is 6.53. The van der Waals surface area contributed by atoms with E-state index in [4.69, 9.17) is 0 Å². The standard InChI is InChI=1S/C21H12F3NO3/c22-21(23,24)28-18-8-4-3-7-17(18)25-20(27)12-9-10-14-13-5-1-2-6-15(13)19(26)16(14)11-12/h1-11H,(H,25,27). The van der Waals surface area contributed by atoms with Crippen LogP contribution in [0.25, 0.3) is 11.1 Å². The van der Waals surface area contributed by atoms with Crippen LogP contribution in [-0.2, 0) is 0 Å². The molecule has 1 amide bonds. The second-order valence-electron chi connectivity index (χ2n) is 6.13. The first-order chi connectivity index (χ1) is 13.3. The van der Waals surface area contributed by atoms with Crippen molar-refractivity contribution in [1.29, 1.82) is 0 Å². The summed E-state index contributed by atoms with van der Waals surface area (Å²) < 4.78 is 41.5. The van der Waals surface area contributed by atoms with Gasteiger partial charge in [-0.1, -0.05) is 42.5 Å². The predicted octanol–water partition coefficient (Wildman–Crippen LogP) is 5.05. The molecule has 0 atom stereocenters. The molecule has 0 spiro atoms. The number of ketones is 1. The van der Waals surface area contributed by atoms with Crippen molar-refractivity contribution in [1.82, 2.24) is 0 Å². The second-order valence-corrected chi connectivity index (χ2v) is 6.13. The van der Waals surface area contributed by atoms with Crippen LogP contribution < -0.4 is 10.1 Å². The lowest BCUT2D eigenvalue weighted by molar-refractivity contribution is -0.274. The van der Waals surface area contributed by atoms with Gasteiger partial charge in [0.1, 0.15) is 0 Å². The number of amides is 1. The van der Waals surface area contributed by atoms with E-state index in [-0.39, 0.29) is 17.0 Å². The average Bonchev–Trinajstić information content (AvgIpc) is 2.95. The maximum Gasteiger partial charge on any atom is 0.573 e. The lowest BCUT2D eigenvalue weighted by Gasteiger charge is -2.14. The number of nitrogens with one attached hydrogen (secondary N) is 1. The number of anilines is 1. The normalized spacial score (nSPS) is 12.3.